The summed E-state index contributed by atoms with van der Waals surface area (Å²) in [6.07, 6.45) is 8.05. The molecule has 1 unspecified atom stereocenters. The highest BCUT2D eigenvalue weighted by atomic mass is 15.3. The van der Waals surface area contributed by atoms with Crippen LogP contribution in [0.2, 0.25) is 0 Å². The second-order valence-electron chi connectivity index (χ2n) is 6.13. The van der Waals surface area contributed by atoms with E-state index in [0.717, 1.165) is 37.6 Å². The second kappa shape index (κ2) is 5.47. The lowest BCUT2D eigenvalue weighted by Gasteiger charge is -2.27. The van der Waals surface area contributed by atoms with Gasteiger partial charge in [0.15, 0.2) is 5.96 Å². The number of nitrogens with zero attached hydrogens (tertiary/aromatic N) is 3. The average Bonchev–Trinajstić information content (AvgIpc) is 3.16. The summed E-state index contributed by atoms with van der Waals surface area (Å²) >= 11 is 0. The Bertz CT molecular complexity index is 305. The van der Waals surface area contributed by atoms with Crippen LogP contribution in [0.25, 0.3) is 0 Å². The van der Waals surface area contributed by atoms with Crippen molar-refractivity contribution in [1.82, 2.24) is 9.80 Å². The highest BCUT2D eigenvalue weighted by molar-refractivity contribution is 5.78. The Kier molecular flexibility index (Phi) is 3.73. The first-order valence-corrected chi connectivity index (χ1v) is 7.62. The van der Waals surface area contributed by atoms with Crippen molar-refractivity contribution in [3.05, 3.63) is 0 Å². The maximum atomic E-state index is 6.10. The van der Waals surface area contributed by atoms with Crippen LogP contribution < -0.4 is 5.73 Å². The molecule has 2 N–H and O–H groups in total. The summed E-state index contributed by atoms with van der Waals surface area (Å²) in [6, 6.07) is 0.915. The van der Waals surface area contributed by atoms with Gasteiger partial charge in [-0.1, -0.05) is 0 Å². The van der Waals surface area contributed by atoms with E-state index in [1.54, 1.807) is 0 Å². The van der Waals surface area contributed by atoms with Gasteiger partial charge in [-0.05, 0) is 51.0 Å². The summed E-state index contributed by atoms with van der Waals surface area (Å²) < 4.78 is 0. The number of nitrogens with two attached hydrogens (primary N) is 1. The number of rotatable bonds is 3. The third kappa shape index (κ3) is 2.97. The first-order chi connectivity index (χ1) is 8.83. The molecule has 0 aromatic heterocycles. The SMILES string of the molecule is NC(=NCC1CCN(C2CC2)C1)N1CCCCC1. The van der Waals surface area contributed by atoms with Gasteiger partial charge in [-0.2, -0.15) is 0 Å². The highest BCUT2D eigenvalue weighted by Crippen LogP contribution is 2.31. The number of likely N-dealkylation sites (tertiary alicyclic amines) is 2. The molecule has 3 aliphatic rings. The third-order valence-corrected chi connectivity index (χ3v) is 4.57. The van der Waals surface area contributed by atoms with Crippen molar-refractivity contribution >= 4 is 5.96 Å². The molecule has 4 nitrogen and oxygen atoms in total. The lowest BCUT2D eigenvalue weighted by atomic mass is 10.1. The zero-order chi connectivity index (χ0) is 12.4. The maximum Gasteiger partial charge on any atom is 0.191 e. The summed E-state index contributed by atoms with van der Waals surface area (Å²) in [7, 11) is 0. The normalized spacial score (nSPS) is 31.0. The van der Waals surface area contributed by atoms with Crippen molar-refractivity contribution in [2.24, 2.45) is 16.6 Å². The van der Waals surface area contributed by atoms with Gasteiger partial charge in [0.2, 0.25) is 0 Å². The molecule has 2 aliphatic heterocycles. The lowest BCUT2D eigenvalue weighted by molar-refractivity contribution is 0.314. The quantitative estimate of drug-likeness (QED) is 0.606. The Morgan fingerprint density at radius 3 is 2.56 bits per heavy atom. The molecule has 0 aromatic carbocycles. The van der Waals surface area contributed by atoms with E-state index in [-0.39, 0.29) is 0 Å². The molecule has 1 saturated carbocycles. The largest absolute Gasteiger partial charge is 0.370 e. The van der Waals surface area contributed by atoms with E-state index in [1.165, 1.54) is 51.6 Å². The van der Waals surface area contributed by atoms with Crippen LogP contribution >= 0.6 is 0 Å². The fourth-order valence-electron chi connectivity index (χ4n) is 3.23. The first-order valence-electron chi connectivity index (χ1n) is 7.62. The summed E-state index contributed by atoms with van der Waals surface area (Å²) in [5, 5.41) is 0. The van der Waals surface area contributed by atoms with E-state index in [4.69, 9.17) is 5.73 Å². The van der Waals surface area contributed by atoms with Gasteiger partial charge < -0.3 is 15.5 Å². The van der Waals surface area contributed by atoms with Gasteiger partial charge in [0.25, 0.3) is 0 Å². The Balaban J connectivity index is 1.44. The monoisotopic (exact) mass is 250 g/mol. The van der Waals surface area contributed by atoms with E-state index in [0.29, 0.717) is 0 Å². The van der Waals surface area contributed by atoms with E-state index in [2.05, 4.69) is 14.8 Å². The summed E-state index contributed by atoms with van der Waals surface area (Å²) in [5.74, 6) is 1.54. The number of piperidine rings is 1. The smallest absolute Gasteiger partial charge is 0.191 e. The minimum atomic E-state index is 0.744. The first kappa shape index (κ1) is 12.3. The molecule has 0 amide bonds. The van der Waals surface area contributed by atoms with Crippen LogP contribution in [0.5, 0.6) is 0 Å². The molecular formula is C14H26N4. The van der Waals surface area contributed by atoms with Crippen LogP contribution in [-0.2, 0) is 0 Å². The Morgan fingerprint density at radius 2 is 1.83 bits per heavy atom. The Hall–Kier alpha value is -0.770. The summed E-state index contributed by atoms with van der Waals surface area (Å²) in [4.78, 5) is 9.55. The fraction of sp³-hybridized carbons (Fsp3) is 0.929. The molecule has 4 heteroatoms. The highest BCUT2D eigenvalue weighted by Gasteiger charge is 2.34. The Morgan fingerprint density at radius 1 is 1.06 bits per heavy atom. The van der Waals surface area contributed by atoms with Gasteiger partial charge >= 0.3 is 0 Å². The van der Waals surface area contributed by atoms with E-state index >= 15 is 0 Å². The van der Waals surface area contributed by atoms with E-state index in [9.17, 15) is 0 Å². The van der Waals surface area contributed by atoms with Crippen LogP contribution in [-0.4, -0.2) is 54.5 Å². The second-order valence-corrected chi connectivity index (χ2v) is 6.13. The molecule has 0 radical (unpaired) electrons. The molecule has 102 valence electrons. The number of aliphatic imine (C=N–C) groups is 1. The van der Waals surface area contributed by atoms with Crippen LogP contribution in [0.3, 0.4) is 0 Å². The molecule has 2 saturated heterocycles. The standard InChI is InChI=1S/C14H26N4/c15-14(17-7-2-1-3-8-17)16-10-12-6-9-18(11-12)13-4-5-13/h12-13H,1-11H2,(H2,15,16). The molecular weight excluding hydrogens is 224 g/mol. The maximum absolute atomic E-state index is 6.10. The average molecular weight is 250 g/mol. The molecule has 18 heavy (non-hydrogen) atoms. The fourth-order valence-corrected chi connectivity index (χ4v) is 3.23. The molecule has 0 aromatic rings. The van der Waals surface area contributed by atoms with Gasteiger partial charge in [0.05, 0.1) is 0 Å². The zero-order valence-electron chi connectivity index (χ0n) is 11.4. The van der Waals surface area contributed by atoms with Crippen molar-refractivity contribution in [3.8, 4) is 0 Å². The van der Waals surface area contributed by atoms with Crippen molar-refractivity contribution in [2.45, 2.75) is 44.6 Å². The summed E-state index contributed by atoms with van der Waals surface area (Å²) in [6.45, 7) is 5.68. The van der Waals surface area contributed by atoms with E-state index in [1.807, 2.05) is 0 Å². The topological polar surface area (TPSA) is 44.9 Å². The van der Waals surface area contributed by atoms with Crippen molar-refractivity contribution in [3.63, 3.8) is 0 Å². The van der Waals surface area contributed by atoms with Crippen molar-refractivity contribution < 1.29 is 0 Å². The predicted octanol–water partition coefficient (Wildman–Crippen LogP) is 1.27. The van der Waals surface area contributed by atoms with Gasteiger partial charge in [-0.15, -0.1) is 0 Å². The van der Waals surface area contributed by atoms with Crippen LogP contribution in [0, 0.1) is 5.92 Å². The molecule has 0 spiro atoms. The van der Waals surface area contributed by atoms with Crippen molar-refractivity contribution in [2.75, 3.05) is 32.7 Å². The molecule has 1 atom stereocenters. The van der Waals surface area contributed by atoms with Crippen LogP contribution in [0.4, 0.5) is 0 Å². The minimum absolute atomic E-state index is 0.744. The van der Waals surface area contributed by atoms with Crippen LogP contribution in [0.1, 0.15) is 38.5 Å². The molecule has 0 bridgehead atoms. The molecule has 3 fully saturated rings. The zero-order valence-corrected chi connectivity index (χ0v) is 11.4. The minimum Gasteiger partial charge on any atom is -0.370 e. The van der Waals surface area contributed by atoms with E-state index < -0.39 is 0 Å². The predicted molar refractivity (Wildman–Crippen MR) is 74.6 cm³/mol. The number of hydrogen-bond acceptors (Lipinski definition) is 2. The lowest BCUT2D eigenvalue weighted by Crippen LogP contribution is -2.41. The molecule has 3 rings (SSSR count). The van der Waals surface area contributed by atoms with Gasteiger partial charge in [-0.3, -0.25) is 4.99 Å². The van der Waals surface area contributed by atoms with Crippen LogP contribution in [0.15, 0.2) is 4.99 Å². The number of guanidine groups is 1. The number of hydrogen-bond donors (Lipinski definition) is 1. The van der Waals surface area contributed by atoms with Gasteiger partial charge in [-0.25, -0.2) is 0 Å². The Labute approximate surface area is 110 Å². The summed E-state index contributed by atoms with van der Waals surface area (Å²) in [5.41, 5.74) is 6.10. The molecule has 2 heterocycles. The molecule has 1 aliphatic carbocycles. The van der Waals surface area contributed by atoms with Crippen molar-refractivity contribution in [1.29, 1.82) is 0 Å². The third-order valence-electron chi connectivity index (χ3n) is 4.57. The van der Waals surface area contributed by atoms with Gasteiger partial charge in [0.1, 0.15) is 0 Å². The van der Waals surface area contributed by atoms with Gasteiger partial charge in [0, 0.05) is 32.2 Å².